The highest BCUT2D eigenvalue weighted by atomic mass is 32.2. The molecule has 0 N–H and O–H groups in total. The van der Waals surface area contributed by atoms with Gasteiger partial charge in [-0.25, -0.2) is 25.3 Å². The van der Waals surface area contributed by atoms with Gasteiger partial charge in [0.05, 0.1) is 14.7 Å². The molecule has 3 aromatic carbocycles. The minimum Gasteiger partial charge on any atom is -0.207 e. The topological polar surface area (TPSA) is 112 Å². The lowest BCUT2D eigenvalue weighted by Gasteiger charge is -2.28. The molecule has 0 saturated heterocycles. The van der Waals surface area contributed by atoms with Gasteiger partial charge in [0, 0.05) is 39.3 Å². The molecular formula is C29H39N3O6S3. The molecule has 0 spiro atoms. The van der Waals surface area contributed by atoms with Crippen molar-refractivity contribution in [3.63, 3.8) is 0 Å². The van der Waals surface area contributed by atoms with Crippen LogP contribution in [0, 0.1) is 20.8 Å². The van der Waals surface area contributed by atoms with E-state index in [4.69, 9.17) is 0 Å². The first-order valence-corrected chi connectivity index (χ1v) is 17.8. The third-order valence-electron chi connectivity index (χ3n) is 6.88. The van der Waals surface area contributed by atoms with Crippen LogP contribution in [-0.4, -0.2) is 77.4 Å². The predicted molar refractivity (Wildman–Crippen MR) is 161 cm³/mol. The molecular weight excluding hydrogens is 583 g/mol. The normalized spacial score (nSPS) is 12.9. The van der Waals surface area contributed by atoms with Gasteiger partial charge in [-0.3, -0.25) is 0 Å². The van der Waals surface area contributed by atoms with Crippen molar-refractivity contribution in [1.82, 2.24) is 12.9 Å². The van der Waals surface area contributed by atoms with Crippen LogP contribution in [0.1, 0.15) is 30.5 Å². The highest BCUT2D eigenvalue weighted by Gasteiger charge is 2.30. The van der Waals surface area contributed by atoms with Gasteiger partial charge in [0.25, 0.3) is 0 Å². The number of rotatable bonds is 14. The number of hydrogen-bond donors (Lipinski definition) is 0. The fraction of sp³-hybridized carbons (Fsp3) is 0.379. The van der Waals surface area contributed by atoms with E-state index in [1.165, 1.54) is 45.0 Å². The summed E-state index contributed by atoms with van der Waals surface area (Å²) in [5.74, 6) is 0. The Morgan fingerprint density at radius 3 is 0.878 bits per heavy atom. The SMILES string of the molecule is CCN(CCN(CCN(CC)S(=O)(=O)c1ccc(C)cc1)S(=O)(=O)c1ccc(C)cc1)S(=O)(=O)c1ccc(C)cc1. The van der Waals surface area contributed by atoms with Gasteiger partial charge >= 0.3 is 0 Å². The van der Waals surface area contributed by atoms with Gasteiger partial charge in [-0.15, -0.1) is 0 Å². The molecule has 3 aromatic rings. The largest absolute Gasteiger partial charge is 0.243 e. The van der Waals surface area contributed by atoms with E-state index in [9.17, 15) is 25.3 Å². The van der Waals surface area contributed by atoms with Crippen molar-refractivity contribution in [2.45, 2.75) is 49.3 Å². The van der Waals surface area contributed by atoms with E-state index in [0.717, 1.165) is 21.0 Å². The molecule has 0 aromatic heterocycles. The third-order valence-corrected chi connectivity index (χ3v) is 12.8. The fourth-order valence-electron chi connectivity index (χ4n) is 4.27. The van der Waals surface area contributed by atoms with Crippen molar-refractivity contribution < 1.29 is 25.3 Å². The van der Waals surface area contributed by atoms with Gasteiger partial charge in [-0.2, -0.15) is 12.9 Å². The van der Waals surface area contributed by atoms with E-state index in [-0.39, 0.29) is 54.0 Å². The second kappa shape index (κ2) is 13.6. The third kappa shape index (κ3) is 7.82. The van der Waals surface area contributed by atoms with E-state index < -0.39 is 30.1 Å². The standard InChI is InChI=1S/C29H39N3O6S3/c1-6-30(39(33,34)27-14-8-24(3)9-15-27)20-22-32(41(37,38)29-18-12-26(5)13-19-29)23-21-31(7-2)40(35,36)28-16-10-25(4)11-17-28/h8-19H,6-7,20-23H2,1-5H3. The van der Waals surface area contributed by atoms with Crippen molar-refractivity contribution in [3.05, 3.63) is 89.5 Å². The highest BCUT2D eigenvalue weighted by molar-refractivity contribution is 7.89. The molecule has 0 atom stereocenters. The molecule has 0 aliphatic rings. The summed E-state index contributed by atoms with van der Waals surface area (Å²) in [5.41, 5.74) is 2.73. The molecule has 3 rings (SSSR count). The Hall–Kier alpha value is -2.61. The number of aryl methyl sites for hydroxylation is 3. The number of benzene rings is 3. The zero-order chi connectivity index (χ0) is 30.4. The van der Waals surface area contributed by atoms with Crippen LogP contribution in [0.2, 0.25) is 0 Å². The predicted octanol–water partition coefficient (Wildman–Crippen LogP) is 4.02. The van der Waals surface area contributed by atoms with E-state index in [1.54, 1.807) is 50.2 Å². The van der Waals surface area contributed by atoms with Crippen molar-refractivity contribution in [2.75, 3.05) is 39.3 Å². The summed E-state index contributed by atoms with van der Waals surface area (Å²) in [6.07, 6.45) is 0. The van der Waals surface area contributed by atoms with Crippen LogP contribution in [0.25, 0.3) is 0 Å². The first-order chi connectivity index (χ1) is 19.2. The summed E-state index contributed by atoms with van der Waals surface area (Å²) >= 11 is 0. The van der Waals surface area contributed by atoms with E-state index in [2.05, 4.69) is 0 Å². The van der Waals surface area contributed by atoms with Gasteiger partial charge in [0.2, 0.25) is 30.1 Å². The van der Waals surface area contributed by atoms with Gasteiger partial charge in [0.1, 0.15) is 0 Å². The summed E-state index contributed by atoms with van der Waals surface area (Å²) < 4.78 is 84.5. The number of hydrogen-bond acceptors (Lipinski definition) is 6. The molecule has 9 nitrogen and oxygen atoms in total. The van der Waals surface area contributed by atoms with Crippen LogP contribution in [0.3, 0.4) is 0 Å². The summed E-state index contributed by atoms with van der Waals surface area (Å²) in [6.45, 7) is 8.71. The molecule has 41 heavy (non-hydrogen) atoms. The van der Waals surface area contributed by atoms with Crippen LogP contribution in [-0.2, 0) is 30.1 Å². The first-order valence-electron chi connectivity index (χ1n) is 13.4. The lowest BCUT2D eigenvalue weighted by atomic mass is 10.2. The number of likely N-dealkylation sites (N-methyl/N-ethyl adjacent to an activating group) is 2. The molecule has 224 valence electrons. The molecule has 0 amide bonds. The van der Waals surface area contributed by atoms with Gasteiger partial charge in [-0.1, -0.05) is 66.9 Å². The minimum atomic E-state index is -4.07. The average Bonchev–Trinajstić information content (AvgIpc) is 2.93. The monoisotopic (exact) mass is 621 g/mol. The summed E-state index contributed by atoms with van der Waals surface area (Å²) in [6, 6.07) is 19.3. The number of sulfonamides is 3. The summed E-state index contributed by atoms with van der Waals surface area (Å²) in [5, 5.41) is 0. The van der Waals surface area contributed by atoms with Crippen LogP contribution in [0.5, 0.6) is 0 Å². The quantitative estimate of drug-likeness (QED) is 0.269. The molecule has 0 bridgehead atoms. The van der Waals surface area contributed by atoms with Crippen molar-refractivity contribution in [2.24, 2.45) is 0 Å². The maximum atomic E-state index is 13.7. The molecule has 0 radical (unpaired) electrons. The molecule has 0 fully saturated rings. The Labute approximate surface area is 245 Å². The van der Waals surface area contributed by atoms with E-state index >= 15 is 0 Å². The van der Waals surface area contributed by atoms with Crippen molar-refractivity contribution in [1.29, 1.82) is 0 Å². The smallest absolute Gasteiger partial charge is 0.207 e. The molecule has 0 unspecified atom stereocenters. The van der Waals surface area contributed by atoms with Gasteiger partial charge < -0.3 is 0 Å². The maximum absolute atomic E-state index is 13.7. The number of nitrogens with zero attached hydrogens (tertiary/aromatic N) is 3. The second-order valence-electron chi connectivity index (χ2n) is 9.84. The Bertz CT molecular complexity index is 1530. The Morgan fingerprint density at radius 2 is 0.634 bits per heavy atom. The minimum absolute atomic E-state index is 0.0528. The first kappa shape index (κ1) is 32.9. The zero-order valence-corrected chi connectivity index (χ0v) is 26.6. The van der Waals surface area contributed by atoms with Crippen LogP contribution >= 0.6 is 0 Å². The highest BCUT2D eigenvalue weighted by Crippen LogP contribution is 2.21. The lowest BCUT2D eigenvalue weighted by molar-refractivity contribution is 0.323. The van der Waals surface area contributed by atoms with Crippen molar-refractivity contribution in [3.8, 4) is 0 Å². The zero-order valence-electron chi connectivity index (χ0n) is 24.2. The van der Waals surface area contributed by atoms with E-state index in [1.807, 2.05) is 20.8 Å². The lowest BCUT2D eigenvalue weighted by Crippen LogP contribution is -2.45. The van der Waals surface area contributed by atoms with Crippen LogP contribution < -0.4 is 0 Å². The molecule has 0 aliphatic heterocycles. The fourth-order valence-corrected chi connectivity index (χ4v) is 8.58. The average molecular weight is 622 g/mol. The Kier molecular flexibility index (Phi) is 10.9. The molecule has 12 heteroatoms. The van der Waals surface area contributed by atoms with E-state index in [0.29, 0.717) is 0 Å². The van der Waals surface area contributed by atoms with Gasteiger partial charge in [-0.05, 0) is 57.2 Å². The Morgan fingerprint density at radius 1 is 0.415 bits per heavy atom. The molecule has 0 saturated carbocycles. The summed E-state index contributed by atoms with van der Waals surface area (Å²) in [4.78, 5) is 0.301. The molecule has 0 heterocycles. The Balaban J connectivity index is 1.90. The van der Waals surface area contributed by atoms with Gasteiger partial charge in [0.15, 0.2) is 0 Å². The summed E-state index contributed by atoms with van der Waals surface area (Å²) in [7, 11) is -11.8. The second-order valence-corrected chi connectivity index (χ2v) is 15.7. The van der Waals surface area contributed by atoms with Crippen LogP contribution in [0.4, 0.5) is 0 Å². The van der Waals surface area contributed by atoms with Crippen molar-refractivity contribution >= 4 is 30.1 Å². The maximum Gasteiger partial charge on any atom is 0.243 e. The molecule has 0 aliphatic carbocycles. The van der Waals surface area contributed by atoms with Crippen LogP contribution in [0.15, 0.2) is 87.5 Å².